The maximum absolute atomic E-state index is 13.3. The minimum absolute atomic E-state index is 0.0468. The molecule has 2 unspecified atom stereocenters. The highest BCUT2D eigenvalue weighted by Crippen LogP contribution is 2.55. The molecule has 2 aliphatic heterocycles. The van der Waals surface area contributed by atoms with Crippen LogP contribution in [-0.4, -0.2) is 178 Å². The van der Waals surface area contributed by atoms with Crippen LogP contribution in [0.4, 0.5) is 5.82 Å². The van der Waals surface area contributed by atoms with E-state index in [1.807, 2.05) is 9.80 Å². The standard InChI is InChI=1S/C33H50ClN7O15P2/c1-2-9-50-10-11-51-12-13-52-14-15-53-16-17-54-38-24-4-3-23(18-24)19-27(42)39-5-7-40(8-6-39)30-25-20-35-41(31(25)37-33(34)36-30)32-29(44)28(43)26(56-32)21-55-58(48,49)22-57(45,46)47/h1,20,23,26,28-29,32,43-44H,3-19,21-22H2,(H,48,49)(H2,45,46,47)/b38-24+/t23?,26-,28-,29-,32-/m1/s1. The summed E-state index contributed by atoms with van der Waals surface area (Å²) >= 11 is 6.32. The first-order valence-corrected chi connectivity index (χ1v) is 22.6. The lowest BCUT2D eigenvalue weighted by Crippen LogP contribution is -2.49. The minimum atomic E-state index is -4.88. The molecule has 2 aromatic heterocycles. The molecule has 324 valence electrons. The van der Waals surface area contributed by atoms with E-state index in [2.05, 4.69) is 26.1 Å². The number of anilines is 1. The topological polar surface area (TPSA) is 279 Å². The van der Waals surface area contributed by atoms with Crippen molar-refractivity contribution in [1.82, 2.24) is 24.6 Å². The van der Waals surface area contributed by atoms with Gasteiger partial charge >= 0.3 is 15.2 Å². The van der Waals surface area contributed by atoms with Crippen LogP contribution in [0.2, 0.25) is 5.28 Å². The largest absolute Gasteiger partial charge is 0.393 e. The molecule has 3 aliphatic rings. The third-order valence-corrected chi connectivity index (χ3v) is 13.0. The first-order valence-electron chi connectivity index (χ1n) is 18.6. The van der Waals surface area contributed by atoms with Crippen LogP contribution < -0.4 is 4.90 Å². The van der Waals surface area contributed by atoms with Crippen LogP contribution >= 0.6 is 26.8 Å². The average Bonchev–Trinajstić information content (AvgIpc) is 3.88. The number of amides is 1. The Morgan fingerprint density at radius 3 is 2.28 bits per heavy atom. The van der Waals surface area contributed by atoms with E-state index in [4.69, 9.17) is 60.9 Å². The van der Waals surface area contributed by atoms with E-state index in [1.165, 1.54) is 10.9 Å². The van der Waals surface area contributed by atoms with Gasteiger partial charge in [0.2, 0.25) is 11.2 Å². The summed E-state index contributed by atoms with van der Waals surface area (Å²) in [4.78, 5) is 59.0. The van der Waals surface area contributed by atoms with E-state index >= 15 is 0 Å². The van der Waals surface area contributed by atoms with Crippen LogP contribution in [-0.2, 0) is 47.0 Å². The maximum atomic E-state index is 13.3. The van der Waals surface area contributed by atoms with Gasteiger partial charge in [-0.3, -0.25) is 13.9 Å². The molecule has 5 rings (SSSR count). The van der Waals surface area contributed by atoms with E-state index < -0.39 is 52.2 Å². The van der Waals surface area contributed by atoms with Crippen LogP contribution in [0.3, 0.4) is 0 Å². The quantitative estimate of drug-likeness (QED) is 0.0331. The lowest BCUT2D eigenvalue weighted by molar-refractivity contribution is -0.132. The Labute approximate surface area is 339 Å². The third kappa shape index (κ3) is 13.9. The first kappa shape index (κ1) is 46.2. The highest BCUT2D eigenvalue weighted by Gasteiger charge is 2.46. The summed E-state index contributed by atoms with van der Waals surface area (Å²) < 4.78 is 56.3. The van der Waals surface area contributed by atoms with Gasteiger partial charge in [-0.05, 0) is 36.8 Å². The Hall–Kier alpha value is -2.84. The number of fused-ring (bicyclic) bond motifs is 1. The number of terminal acetylenes is 1. The molecular weight excluding hydrogens is 832 g/mol. The van der Waals surface area contributed by atoms with E-state index in [0.29, 0.717) is 103 Å². The smallest absolute Gasteiger partial charge is 0.340 e. The lowest BCUT2D eigenvalue weighted by atomic mass is 10.0. The summed E-state index contributed by atoms with van der Waals surface area (Å²) in [6, 6.07) is 0. The number of aromatic nitrogens is 4. The summed E-state index contributed by atoms with van der Waals surface area (Å²) in [5.74, 6) is 1.61. The molecule has 4 heterocycles. The van der Waals surface area contributed by atoms with Crippen molar-refractivity contribution in [3.8, 4) is 12.3 Å². The molecule has 0 spiro atoms. The van der Waals surface area contributed by atoms with Crippen LogP contribution in [0.25, 0.3) is 11.0 Å². The predicted molar refractivity (Wildman–Crippen MR) is 205 cm³/mol. The van der Waals surface area contributed by atoms with Gasteiger partial charge in [0.15, 0.2) is 17.8 Å². The maximum Gasteiger partial charge on any atom is 0.340 e. The Morgan fingerprint density at radius 2 is 1.62 bits per heavy atom. The molecule has 0 bridgehead atoms. The Morgan fingerprint density at radius 1 is 0.966 bits per heavy atom. The summed E-state index contributed by atoms with van der Waals surface area (Å²) in [5, 5.41) is 30.2. The Balaban J connectivity index is 1.01. The van der Waals surface area contributed by atoms with Crippen molar-refractivity contribution in [3.63, 3.8) is 0 Å². The number of carbonyl (C=O) groups is 1. The van der Waals surface area contributed by atoms with E-state index in [-0.39, 0.29) is 29.4 Å². The van der Waals surface area contributed by atoms with Gasteiger partial charge in [-0.15, -0.1) is 6.42 Å². The fourth-order valence-corrected chi connectivity index (χ4v) is 9.31. The van der Waals surface area contributed by atoms with Crippen LogP contribution in [0.5, 0.6) is 0 Å². The molecule has 22 nitrogen and oxygen atoms in total. The van der Waals surface area contributed by atoms with Crippen molar-refractivity contribution in [2.45, 2.75) is 50.2 Å². The summed E-state index contributed by atoms with van der Waals surface area (Å²) in [6.07, 6.45) is 3.33. The number of hydrogen-bond donors (Lipinski definition) is 5. The fourth-order valence-electron chi connectivity index (χ4n) is 6.58. The average molecular weight is 882 g/mol. The zero-order chi connectivity index (χ0) is 41.7. The first-order chi connectivity index (χ1) is 27.7. The molecule has 5 N–H and O–H groups in total. The number of aliphatic hydroxyl groups excluding tert-OH is 2. The Kier molecular flexibility index (Phi) is 17.6. The second-order valence-electron chi connectivity index (χ2n) is 13.7. The van der Waals surface area contributed by atoms with E-state index in [9.17, 15) is 29.0 Å². The van der Waals surface area contributed by atoms with Gasteiger partial charge in [-0.2, -0.15) is 15.1 Å². The number of ether oxygens (including phenoxy) is 5. The molecular formula is C33H50ClN7O15P2. The van der Waals surface area contributed by atoms with Gasteiger partial charge in [-0.1, -0.05) is 11.1 Å². The minimum Gasteiger partial charge on any atom is -0.393 e. The van der Waals surface area contributed by atoms with Crippen molar-refractivity contribution in [1.29, 1.82) is 0 Å². The summed E-state index contributed by atoms with van der Waals surface area (Å²) in [5.41, 5.74) is 1.09. The SMILES string of the molecule is C#CCOCCOCCOCCOCCO/N=C1\CCC(CC(=O)N2CCN(c3nc(Cl)nc4c3cnn4[C@@H]3O[C@H](COP(=O)(O)CP(=O)(O)O)[C@@H](O)[C@H]3O)CC2)C1. The molecule has 0 radical (unpaired) electrons. The van der Waals surface area contributed by atoms with Gasteiger partial charge in [0.1, 0.15) is 37.3 Å². The highest BCUT2D eigenvalue weighted by atomic mass is 35.5. The molecule has 25 heteroatoms. The van der Waals surface area contributed by atoms with Crippen LogP contribution in [0.1, 0.15) is 31.9 Å². The van der Waals surface area contributed by atoms with Gasteiger partial charge in [-0.25, -0.2) is 4.68 Å². The van der Waals surface area contributed by atoms with Crippen LogP contribution in [0.15, 0.2) is 11.4 Å². The molecule has 1 saturated carbocycles. The number of piperazine rings is 1. The Bertz CT molecular complexity index is 1820. The molecule has 2 aromatic rings. The molecule has 3 fully saturated rings. The molecule has 6 atom stereocenters. The molecule has 2 saturated heterocycles. The molecule has 58 heavy (non-hydrogen) atoms. The van der Waals surface area contributed by atoms with Crippen molar-refractivity contribution < 1.29 is 71.9 Å². The van der Waals surface area contributed by atoms with E-state index in [0.717, 1.165) is 18.6 Å². The zero-order valence-corrected chi connectivity index (χ0v) is 34.2. The zero-order valence-electron chi connectivity index (χ0n) is 31.7. The number of aliphatic hydroxyl groups is 2. The fraction of sp³-hybridized carbons (Fsp3) is 0.727. The highest BCUT2D eigenvalue weighted by molar-refractivity contribution is 7.70. The second-order valence-corrected chi connectivity index (χ2v) is 18.0. The number of nitrogens with zero attached hydrogens (tertiary/aromatic N) is 7. The molecule has 1 aliphatic carbocycles. The van der Waals surface area contributed by atoms with Crippen molar-refractivity contribution >= 4 is 55.3 Å². The third-order valence-electron chi connectivity index (χ3n) is 9.36. The normalized spacial score (nSPS) is 24.4. The van der Waals surface area contributed by atoms with Gasteiger partial charge in [0.25, 0.3) is 0 Å². The van der Waals surface area contributed by atoms with Crippen molar-refractivity contribution in [2.75, 3.05) is 103 Å². The summed E-state index contributed by atoms with van der Waals surface area (Å²) in [7, 11) is -9.62. The number of rotatable bonds is 23. The number of carbonyl (C=O) groups excluding carboxylic acids is 1. The molecule has 0 aromatic carbocycles. The van der Waals surface area contributed by atoms with Crippen molar-refractivity contribution in [3.05, 3.63) is 11.5 Å². The number of hydrogen-bond acceptors (Lipinski definition) is 17. The van der Waals surface area contributed by atoms with Gasteiger partial charge in [0.05, 0.1) is 70.1 Å². The monoisotopic (exact) mass is 881 g/mol. The summed E-state index contributed by atoms with van der Waals surface area (Å²) in [6.45, 7) is 4.61. The number of halogens is 1. The van der Waals surface area contributed by atoms with Gasteiger partial charge in [0, 0.05) is 32.6 Å². The van der Waals surface area contributed by atoms with E-state index in [1.54, 1.807) is 0 Å². The van der Waals surface area contributed by atoms with Crippen molar-refractivity contribution in [2.24, 2.45) is 11.1 Å². The van der Waals surface area contributed by atoms with Crippen LogP contribution in [0, 0.1) is 18.3 Å². The van der Waals surface area contributed by atoms with Gasteiger partial charge < -0.3 is 67.7 Å². The second kappa shape index (κ2) is 22.1. The molecule has 1 amide bonds. The lowest BCUT2D eigenvalue weighted by Gasteiger charge is -2.36. The predicted octanol–water partition coefficient (Wildman–Crippen LogP) is 0.347. The number of oxime groups is 1.